The second-order valence-electron chi connectivity index (χ2n) is 6.78. The van der Waals surface area contributed by atoms with Crippen LogP contribution in [0.25, 0.3) is 10.9 Å². The molecule has 1 saturated carbocycles. The molecule has 1 aromatic heterocycles. The van der Waals surface area contributed by atoms with E-state index in [1.54, 1.807) is 11.8 Å². The zero-order valence-electron chi connectivity index (χ0n) is 15.1. The van der Waals surface area contributed by atoms with Crippen LogP contribution in [0.4, 0.5) is 0 Å². The molecule has 1 aliphatic rings. The van der Waals surface area contributed by atoms with Gasteiger partial charge in [0.1, 0.15) is 5.75 Å². The summed E-state index contributed by atoms with van der Waals surface area (Å²) in [6.07, 6.45) is 2.12. The summed E-state index contributed by atoms with van der Waals surface area (Å²) in [7, 11) is 0. The average molecular weight is 366 g/mol. The first-order chi connectivity index (χ1) is 12.6. The molecule has 0 atom stereocenters. The number of thioether (sulfide) groups is 1. The van der Waals surface area contributed by atoms with E-state index in [4.69, 9.17) is 9.72 Å². The van der Waals surface area contributed by atoms with Crippen LogP contribution in [-0.4, -0.2) is 21.9 Å². The molecule has 0 saturated heterocycles. The van der Waals surface area contributed by atoms with Gasteiger partial charge in [0.2, 0.25) is 0 Å². The lowest BCUT2D eigenvalue weighted by Gasteiger charge is -2.13. The molecular formula is C21H22N2O2S. The van der Waals surface area contributed by atoms with E-state index in [1.165, 1.54) is 5.56 Å². The molecule has 0 unspecified atom stereocenters. The van der Waals surface area contributed by atoms with Gasteiger partial charge in [-0.15, -0.1) is 0 Å². The fraction of sp³-hybridized carbons (Fsp3) is 0.333. The van der Waals surface area contributed by atoms with E-state index in [1.807, 2.05) is 28.8 Å². The van der Waals surface area contributed by atoms with Gasteiger partial charge >= 0.3 is 0 Å². The number of fused-ring (bicyclic) bond motifs is 1. The van der Waals surface area contributed by atoms with Crippen LogP contribution in [0.15, 0.2) is 52.4 Å². The second-order valence-corrected chi connectivity index (χ2v) is 7.85. The zero-order valence-corrected chi connectivity index (χ0v) is 15.9. The SMILES string of the molecule is Cc1ccc(C)c(OCCSc2nc3ccccc3c(=O)n2C2CC2)c1. The fourth-order valence-corrected chi connectivity index (χ4v) is 3.91. The van der Waals surface area contributed by atoms with Gasteiger partial charge in [-0.3, -0.25) is 9.36 Å². The van der Waals surface area contributed by atoms with E-state index in [0.717, 1.165) is 40.6 Å². The summed E-state index contributed by atoms with van der Waals surface area (Å²) < 4.78 is 7.82. The van der Waals surface area contributed by atoms with Crippen molar-refractivity contribution < 1.29 is 4.74 Å². The summed E-state index contributed by atoms with van der Waals surface area (Å²) in [5.41, 5.74) is 3.18. The van der Waals surface area contributed by atoms with Crippen molar-refractivity contribution >= 4 is 22.7 Å². The molecule has 0 spiro atoms. The maximum atomic E-state index is 12.8. The van der Waals surface area contributed by atoms with Gasteiger partial charge in [-0.2, -0.15) is 0 Å². The highest BCUT2D eigenvalue weighted by Gasteiger charge is 2.28. The van der Waals surface area contributed by atoms with Gasteiger partial charge in [0.25, 0.3) is 5.56 Å². The van der Waals surface area contributed by atoms with E-state index in [2.05, 4.69) is 32.0 Å². The van der Waals surface area contributed by atoms with Crippen LogP contribution in [0.5, 0.6) is 5.75 Å². The maximum absolute atomic E-state index is 12.8. The Morgan fingerprint density at radius 2 is 2.00 bits per heavy atom. The van der Waals surface area contributed by atoms with E-state index < -0.39 is 0 Å². The molecule has 0 bridgehead atoms. The Labute approximate surface area is 157 Å². The molecule has 0 aliphatic heterocycles. The van der Waals surface area contributed by atoms with Crippen molar-refractivity contribution in [2.45, 2.75) is 37.9 Å². The lowest BCUT2D eigenvalue weighted by atomic mass is 10.1. The Balaban J connectivity index is 1.51. The zero-order chi connectivity index (χ0) is 18.1. The number of hydrogen-bond donors (Lipinski definition) is 0. The van der Waals surface area contributed by atoms with Crippen LogP contribution in [0.1, 0.15) is 30.0 Å². The van der Waals surface area contributed by atoms with Crippen molar-refractivity contribution in [1.29, 1.82) is 0 Å². The fourth-order valence-electron chi connectivity index (χ4n) is 3.03. The Morgan fingerprint density at radius 1 is 1.19 bits per heavy atom. The first kappa shape index (κ1) is 17.2. The lowest BCUT2D eigenvalue weighted by molar-refractivity contribution is 0.341. The van der Waals surface area contributed by atoms with Crippen molar-refractivity contribution in [3.05, 3.63) is 63.9 Å². The lowest BCUT2D eigenvalue weighted by Crippen LogP contribution is -2.22. The predicted molar refractivity (Wildman–Crippen MR) is 106 cm³/mol. The Kier molecular flexibility index (Phi) is 4.72. The molecule has 1 aliphatic carbocycles. The van der Waals surface area contributed by atoms with Crippen molar-refractivity contribution in [2.75, 3.05) is 12.4 Å². The molecule has 5 heteroatoms. The topological polar surface area (TPSA) is 44.1 Å². The third kappa shape index (κ3) is 3.49. The van der Waals surface area contributed by atoms with Crippen LogP contribution in [0.3, 0.4) is 0 Å². The van der Waals surface area contributed by atoms with Crippen LogP contribution in [0, 0.1) is 13.8 Å². The minimum Gasteiger partial charge on any atom is -0.492 e. The Bertz CT molecular complexity index is 1010. The molecule has 0 amide bonds. The molecule has 1 heterocycles. The van der Waals surface area contributed by atoms with Crippen LogP contribution >= 0.6 is 11.8 Å². The van der Waals surface area contributed by atoms with E-state index in [-0.39, 0.29) is 5.56 Å². The molecule has 3 aromatic rings. The number of aromatic nitrogens is 2. The summed E-state index contributed by atoms with van der Waals surface area (Å²) in [6.45, 7) is 4.70. The van der Waals surface area contributed by atoms with Crippen molar-refractivity contribution in [2.24, 2.45) is 0 Å². The second kappa shape index (κ2) is 7.16. The van der Waals surface area contributed by atoms with Gasteiger partial charge in [-0.1, -0.05) is 36.0 Å². The number of nitrogens with zero attached hydrogens (tertiary/aromatic N) is 2. The first-order valence-corrected chi connectivity index (χ1v) is 9.96. The molecule has 4 nitrogen and oxygen atoms in total. The third-order valence-corrected chi connectivity index (χ3v) is 5.52. The van der Waals surface area contributed by atoms with E-state index in [0.29, 0.717) is 18.0 Å². The number of para-hydroxylation sites is 1. The van der Waals surface area contributed by atoms with Crippen LogP contribution in [0.2, 0.25) is 0 Å². The van der Waals surface area contributed by atoms with E-state index >= 15 is 0 Å². The molecule has 26 heavy (non-hydrogen) atoms. The predicted octanol–water partition coefficient (Wildman–Crippen LogP) is 4.52. The molecule has 2 aromatic carbocycles. The van der Waals surface area contributed by atoms with Gasteiger partial charge in [-0.25, -0.2) is 4.98 Å². The highest BCUT2D eigenvalue weighted by atomic mass is 32.2. The Hall–Kier alpha value is -2.27. The van der Waals surface area contributed by atoms with Gasteiger partial charge in [0, 0.05) is 11.8 Å². The molecule has 134 valence electrons. The van der Waals surface area contributed by atoms with Gasteiger partial charge < -0.3 is 4.74 Å². The number of ether oxygens (including phenoxy) is 1. The summed E-state index contributed by atoms with van der Waals surface area (Å²) in [6, 6.07) is 14.1. The smallest absolute Gasteiger partial charge is 0.262 e. The Morgan fingerprint density at radius 3 is 2.81 bits per heavy atom. The minimum atomic E-state index is 0.0797. The highest BCUT2D eigenvalue weighted by Crippen LogP contribution is 2.36. The number of benzene rings is 2. The first-order valence-electron chi connectivity index (χ1n) is 8.97. The van der Waals surface area contributed by atoms with Gasteiger partial charge in [0.05, 0.1) is 17.5 Å². The number of rotatable bonds is 6. The van der Waals surface area contributed by atoms with Crippen molar-refractivity contribution in [3.8, 4) is 5.75 Å². The molecule has 0 radical (unpaired) electrons. The quantitative estimate of drug-likeness (QED) is 0.365. The third-order valence-electron chi connectivity index (χ3n) is 4.60. The normalized spacial score (nSPS) is 13.9. The number of aryl methyl sites for hydroxylation is 2. The largest absolute Gasteiger partial charge is 0.492 e. The molecule has 0 N–H and O–H groups in total. The maximum Gasteiger partial charge on any atom is 0.262 e. The van der Waals surface area contributed by atoms with E-state index in [9.17, 15) is 4.79 Å². The molecule has 1 fully saturated rings. The van der Waals surface area contributed by atoms with Gasteiger partial charge in [0.15, 0.2) is 5.16 Å². The average Bonchev–Trinajstić information content (AvgIpc) is 3.46. The number of hydrogen-bond acceptors (Lipinski definition) is 4. The monoisotopic (exact) mass is 366 g/mol. The standard InChI is InChI=1S/C21H22N2O2S/c1-14-7-8-15(2)19(13-14)25-11-12-26-21-22-18-6-4-3-5-17(18)20(24)23(21)16-9-10-16/h3-8,13,16H,9-12H2,1-2H3. The summed E-state index contributed by atoms with van der Waals surface area (Å²) in [5, 5.41) is 1.51. The molecule has 4 rings (SSSR count). The van der Waals surface area contributed by atoms with Gasteiger partial charge in [-0.05, 0) is 56.0 Å². The summed E-state index contributed by atoms with van der Waals surface area (Å²) in [4.78, 5) is 17.6. The minimum absolute atomic E-state index is 0.0797. The van der Waals surface area contributed by atoms with Crippen molar-refractivity contribution in [3.63, 3.8) is 0 Å². The van der Waals surface area contributed by atoms with Crippen molar-refractivity contribution in [1.82, 2.24) is 9.55 Å². The summed E-state index contributed by atoms with van der Waals surface area (Å²) in [5.74, 6) is 1.68. The van der Waals surface area contributed by atoms with Crippen LogP contribution in [-0.2, 0) is 0 Å². The van der Waals surface area contributed by atoms with Crippen LogP contribution < -0.4 is 10.3 Å². The molecular weight excluding hydrogens is 344 g/mol. The highest BCUT2D eigenvalue weighted by molar-refractivity contribution is 7.99. The summed E-state index contributed by atoms with van der Waals surface area (Å²) >= 11 is 1.60.